The van der Waals surface area contributed by atoms with Gasteiger partial charge in [-0.15, -0.1) is 17.9 Å². The molecule has 0 atom stereocenters. The van der Waals surface area contributed by atoms with Crippen molar-refractivity contribution in [3.8, 4) is 0 Å². The molecule has 3 rings (SSSR count). The number of amides is 2. The lowest BCUT2D eigenvalue weighted by molar-refractivity contribution is -0.117. The first-order valence-electron chi connectivity index (χ1n) is 8.12. The van der Waals surface area contributed by atoms with Crippen LogP contribution in [0.2, 0.25) is 4.34 Å². The molecule has 0 spiro atoms. The average Bonchev–Trinajstić information content (AvgIpc) is 3.38. The summed E-state index contributed by atoms with van der Waals surface area (Å²) in [5, 5.41) is 2.87. The number of hydrogen-bond donors (Lipinski definition) is 1. The minimum Gasteiger partial charge on any atom is -0.330 e. The van der Waals surface area contributed by atoms with Crippen LogP contribution in [0.5, 0.6) is 0 Å². The van der Waals surface area contributed by atoms with Crippen molar-refractivity contribution in [1.29, 1.82) is 0 Å². The Morgan fingerprint density at radius 3 is 2.52 bits per heavy atom. The molecule has 2 amide bonds. The molecule has 0 unspecified atom stereocenters. The summed E-state index contributed by atoms with van der Waals surface area (Å²) in [6, 6.07) is 10.8. The van der Waals surface area contributed by atoms with Crippen molar-refractivity contribution in [2.24, 2.45) is 5.92 Å². The van der Waals surface area contributed by atoms with E-state index in [0.29, 0.717) is 28.7 Å². The number of benzene rings is 1. The number of hydrogen-bond acceptors (Lipinski definition) is 3. The molecule has 1 aromatic heterocycles. The Balaban J connectivity index is 1.67. The zero-order chi connectivity index (χ0) is 17.8. The molecular weight excluding hydrogens is 356 g/mol. The number of thiophene rings is 1. The van der Waals surface area contributed by atoms with Crippen LogP contribution in [0.25, 0.3) is 0 Å². The zero-order valence-corrected chi connectivity index (χ0v) is 15.3. The number of nitrogens with zero attached hydrogens (tertiary/aromatic N) is 1. The van der Waals surface area contributed by atoms with Gasteiger partial charge in [0.1, 0.15) is 0 Å². The van der Waals surface area contributed by atoms with Crippen LogP contribution in [-0.4, -0.2) is 23.3 Å². The Morgan fingerprint density at radius 2 is 1.96 bits per heavy atom. The number of anilines is 1. The van der Waals surface area contributed by atoms with Crippen molar-refractivity contribution in [3.05, 3.63) is 63.8 Å². The van der Waals surface area contributed by atoms with Gasteiger partial charge in [-0.25, -0.2) is 0 Å². The van der Waals surface area contributed by atoms with Gasteiger partial charge in [0.15, 0.2) is 0 Å². The fourth-order valence-electron chi connectivity index (χ4n) is 2.47. The zero-order valence-electron chi connectivity index (χ0n) is 13.7. The Kier molecular flexibility index (Phi) is 5.56. The molecular formula is C19H19ClN2O2S. The Morgan fingerprint density at radius 1 is 1.24 bits per heavy atom. The summed E-state index contributed by atoms with van der Waals surface area (Å²) in [7, 11) is 0. The highest BCUT2D eigenvalue weighted by Gasteiger charge is 2.29. The van der Waals surface area contributed by atoms with E-state index >= 15 is 0 Å². The maximum Gasteiger partial charge on any atom is 0.254 e. The lowest BCUT2D eigenvalue weighted by Gasteiger charge is -2.20. The predicted molar refractivity (Wildman–Crippen MR) is 102 cm³/mol. The minimum absolute atomic E-state index is 0.0573. The molecule has 1 aliphatic rings. The van der Waals surface area contributed by atoms with Crippen LogP contribution in [0.3, 0.4) is 0 Å². The van der Waals surface area contributed by atoms with Gasteiger partial charge in [0, 0.05) is 28.6 Å². The van der Waals surface area contributed by atoms with Gasteiger partial charge in [-0.2, -0.15) is 0 Å². The van der Waals surface area contributed by atoms with Crippen molar-refractivity contribution in [2.45, 2.75) is 19.4 Å². The summed E-state index contributed by atoms with van der Waals surface area (Å²) >= 11 is 7.43. The van der Waals surface area contributed by atoms with E-state index in [1.165, 1.54) is 11.3 Å². The maximum absolute atomic E-state index is 12.8. The van der Waals surface area contributed by atoms with Gasteiger partial charge >= 0.3 is 0 Å². The number of carbonyl (C=O) groups is 2. The highest BCUT2D eigenvalue weighted by Crippen LogP contribution is 2.30. The molecule has 1 aliphatic carbocycles. The number of carbonyl (C=O) groups excluding carboxylic acids is 2. The van der Waals surface area contributed by atoms with Crippen LogP contribution in [0, 0.1) is 5.92 Å². The van der Waals surface area contributed by atoms with Crippen LogP contribution in [-0.2, 0) is 11.3 Å². The monoisotopic (exact) mass is 374 g/mol. The standard InChI is InChI=1S/C19H19ClN2O2S/c1-2-11-22(12-16-9-10-17(20)25-16)19(24)14-5-7-15(8-6-14)21-18(23)13-3-4-13/h2,5-10,13H,1,3-4,11-12H2,(H,21,23). The molecule has 4 nitrogen and oxygen atoms in total. The van der Waals surface area contributed by atoms with E-state index in [1.807, 2.05) is 12.1 Å². The van der Waals surface area contributed by atoms with Crippen molar-refractivity contribution < 1.29 is 9.59 Å². The third-order valence-corrected chi connectivity index (χ3v) is 5.18. The van der Waals surface area contributed by atoms with E-state index in [-0.39, 0.29) is 17.7 Å². The molecule has 0 bridgehead atoms. The van der Waals surface area contributed by atoms with Crippen molar-refractivity contribution >= 4 is 40.4 Å². The molecule has 6 heteroatoms. The van der Waals surface area contributed by atoms with Crippen LogP contribution in [0.4, 0.5) is 5.69 Å². The lowest BCUT2D eigenvalue weighted by Crippen LogP contribution is -2.30. The van der Waals surface area contributed by atoms with Crippen LogP contribution >= 0.6 is 22.9 Å². The summed E-state index contributed by atoms with van der Waals surface area (Å²) in [4.78, 5) is 27.3. The Bertz CT molecular complexity index is 781. The van der Waals surface area contributed by atoms with Crippen molar-refractivity contribution in [2.75, 3.05) is 11.9 Å². The second-order valence-electron chi connectivity index (χ2n) is 6.02. The average molecular weight is 375 g/mol. The number of halogens is 1. The summed E-state index contributed by atoms with van der Waals surface area (Å²) in [6.07, 6.45) is 3.63. The Hall–Kier alpha value is -2.11. The molecule has 1 saturated carbocycles. The molecule has 0 aliphatic heterocycles. The third-order valence-electron chi connectivity index (χ3n) is 3.96. The van der Waals surface area contributed by atoms with Gasteiger partial charge in [-0.3, -0.25) is 9.59 Å². The fraction of sp³-hybridized carbons (Fsp3) is 0.263. The quantitative estimate of drug-likeness (QED) is 0.721. The first-order chi connectivity index (χ1) is 12.1. The molecule has 1 heterocycles. The normalized spacial score (nSPS) is 13.3. The van der Waals surface area contributed by atoms with Gasteiger partial charge in [-0.1, -0.05) is 17.7 Å². The number of nitrogens with one attached hydrogen (secondary N) is 1. The minimum atomic E-state index is -0.0792. The van der Waals surface area contributed by atoms with Crippen LogP contribution in [0.1, 0.15) is 28.1 Å². The second kappa shape index (κ2) is 7.85. The molecule has 2 aromatic rings. The first-order valence-corrected chi connectivity index (χ1v) is 9.31. The second-order valence-corrected chi connectivity index (χ2v) is 7.82. The molecule has 25 heavy (non-hydrogen) atoms. The van der Waals surface area contributed by atoms with E-state index in [2.05, 4.69) is 11.9 Å². The van der Waals surface area contributed by atoms with Crippen molar-refractivity contribution in [3.63, 3.8) is 0 Å². The molecule has 1 N–H and O–H groups in total. The summed E-state index contributed by atoms with van der Waals surface area (Å²) in [5.74, 6) is 0.133. The first kappa shape index (κ1) is 17.7. The molecule has 0 saturated heterocycles. The van der Waals surface area contributed by atoms with E-state index in [9.17, 15) is 9.59 Å². The van der Waals surface area contributed by atoms with Gasteiger partial charge in [-0.05, 0) is 49.2 Å². The summed E-state index contributed by atoms with van der Waals surface area (Å²) < 4.78 is 0.705. The lowest BCUT2D eigenvalue weighted by atomic mass is 10.1. The molecule has 1 aromatic carbocycles. The predicted octanol–water partition coefficient (Wildman–Crippen LogP) is 4.58. The van der Waals surface area contributed by atoms with E-state index in [4.69, 9.17) is 11.6 Å². The van der Waals surface area contributed by atoms with E-state index < -0.39 is 0 Å². The van der Waals surface area contributed by atoms with Gasteiger partial charge in [0.25, 0.3) is 5.91 Å². The smallest absolute Gasteiger partial charge is 0.254 e. The highest BCUT2D eigenvalue weighted by molar-refractivity contribution is 7.16. The SMILES string of the molecule is C=CCN(Cc1ccc(Cl)s1)C(=O)c1ccc(NC(=O)C2CC2)cc1. The molecule has 130 valence electrons. The fourth-order valence-corrected chi connectivity index (χ4v) is 3.57. The molecule has 1 fully saturated rings. The van der Waals surface area contributed by atoms with Crippen molar-refractivity contribution in [1.82, 2.24) is 4.90 Å². The highest BCUT2D eigenvalue weighted by atomic mass is 35.5. The van der Waals surface area contributed by atoms with Crippen LogP contribution in [0.15, 0.2) is 49.1 Å². The van der Waals surface area contributed by atoms with E-state index in [0.717, 1.165) is 17.7 Å². The van der Waals surface area contributed by atoms with E-state index in [1.54, 1.807) is 35.2 Å². The van der Waals surface area contributed by atoms with Gasteiger partial charge in [0.05, 0.1) is 10.9 Å². The largest absolute Gasteiger partial charge is 0.330 e. The maximum atomic E-state index is 12.8. The number of rotatable bonds is 7. The summed E-state index contributed by atoms with van der Waals surface area (Å²) in [6.45, 7) is 4.67. The Labute approximate surface area is 156 Å². The van der Waals surface area contributed by atoms with Gasteiger partial charge < -0.3 is 10.2 Å². The third kappa shape index (κ3) is 4.71. The molecule has 0 radical (unpaired) electrons. The summed E-state index contributed by atoms with van der Waals surface area (Å²) in [5.41, 5.74) is 1.29. The van der Waals surface area contributed by atoms with Crippen LogP contribution < -0.4 is 5.32 Å². The van der Waals surface area contributed by atoms with Gasteiger partial charge in [0.2, 0.25) is 5.91 Å². The topological polar surface area (TPSA) is 49.4 Å².